The van der Waals surface area contributed by atoms with Gasteiger partial charge in [-0.05, 0) is 19.1 Å². The normalized spacial score (nSPS) is 14.5. The van der Waals surface area contributed by atoms with Crippen LogP contribution >= 0.6 is 0 Å². The number of anilines is 2. The number of nitrogens with zero attached hydrogens (tertiary/aromatic N) is 2. The van der Waals surface area contributed by atoms with Gasteiger partial charge in [0.2, 0.25) is 5.91 Å². The topological polar surface area (TPSA) is 151 Å². The number of alkyl carbamates (subject to hydrolysis) is 1. The number of benzene rings is 1. The zero-order chi connectivity index (χ0) is 26.8. The summed E-state index contributed by atoms with van der Waals surface area (Å²) in [6.07, 6.45) is 0.694. The van der Waals surface area contributed by atoms with Crippen LogP contribution in [-0.4, -0.2) is 74.4 Å². The van der Waals surface area contributed by atoms with Crippen LogP contribution in [0.5, 0.6) is 0 Å². The molecule has 1 fully saturated rings. The van der Waals surface area contributed by atoms with E-state index in [9.17, 15) is 28.0 Å². The van der Waals surface area contributed by atoms with E-state index in [1.54, 1.807) is 6.92 Å². The Morgan fingerprint density at radius 3 is 2.49 bits per heavy atom. The molecular formula is C23H26F2N6O6. The summed E-state index contributed by atoms with van der Waals surface area (Å²) in [5, 5.41) is 9.94. The van der Waals surface area contributed by atoms with Gasteiger partial charge in [-0.1, -0.05) is 0 Å². The van der Waals surface area contributed by atoms with Gasteiger partial charge in [0.15, 0.2) is 11.6 Å². The molecule has 0 bridgehead atoms. The summed E-state index contributed by atoms with van der Waals surface area (Å²) in [6, 6.07) is 4.95. The van der Waals surface area contributed by atoms with Crippen molar-refractivity contribution in [2.24, 2.45) is 0 Å². The van der Waals surface area contributed by atoms with Crippen molar-refractivity contribution in [1.29, 1.82) is 0 Å². The molecule has 2 heterocycles. The van der Waals surface area contributed by atoms with Crippen molar-refractivity contribution in [2.75, 3.05) is 49.5 Å². The van der Waals surface area contributed by atoms with Gasteiger partial charge in [0.05, 0.1) is 31.9 Å². The number of aromatic nitrogens is 1. The molecule has 0 aliphatic carbocycles. The first-order valence-corrected chi connectivity index (χ1v) is 11.3. The van der Waals surface area contributed by atoms with Gasteiger partial charge in [0, 0.05) is 43.2 Å². The Bertz CT molecular complexity index is 1110. The Labute approximate surface area is 210 Å². The predicted octanol–water partition coefficient (Wildman–Crippen LogP) is 1.39. The Hall–Kier alpha value is -4.49. The third kappa shape index (κ3) is 7.75. The fourth-order valence-corrected chi connectivity index (χ4v) is 3.32. The molecule has 1 aromatic carbocycles. The van der Waals surface area contributed by atoms with Crippen molar-refractivity contribution >= 4 is 35.4 Å². The third-order valence-electron chi connectivity index (χ3n) is 5.06. The van der Waals surface area contributed by atoms with Gasteiger partial charge >= 0.3 is 12.2 Å². The maximum Gasteiger partial charge on any atom is 0.414 e. The largest absolute Gasteiger partial charge is 0.450 e. The van der Waals surface area contributed by atoms with Gasteiger partial charge in [0.1, 0.15) is 11.8 Å². The van der Waals surface area contributed by atoms with E-state index in [0.717, 1.165) is 17.0 Å². The van der Waals surface area contributed by atoms with E-state index in [1.807, 2.05) is 0 Å². The number of hydrogen-bond donors (Lipinski definition) is 4. The standard InChI is InChI=1S/C23H26F2N6O6/c1-2-36-22(34)30-11-16-13-31(23(35)37-16)15-9-17(24)20(18(25)10-15)28-8-7-27-19(32)12-29-21(33)14-3-5-26-6-4-14/h3-6,9-10,16,28H,2,7-8,11-13H2,1H3,(H,27,32)(H,29,33)(H,30,34)/t16-/m0/s1. The number of nitrogens with one attached hydrogen (secondary N) is 4. The van der Waals surface area contributed by atoms with Crippen LogP contribution in [0.1, 0.15) is 17.3 Å². The van der Waals surface area contributed by atoms with Crippen LogP contribution < -0.4 is 26.2 Å². The average Bonchev–Trinajstić information content (AvgIpc) is 3.26. The second kappa shape index (κ2) is 13.0. The quantitative estimate of drug-likeness (QED) is 0.325. The highest BCUT2D eigenvalue weighted by Gasteiger charge is 2.33. The van der Waals surface area contributed by atoms with Crippen LogP contribution in [0.3, 0.4) is 0 Å². The minimum Gasteiger partial charge on any atom is -0.450 e. The molecule has 0 saturated carbocycles. The van der Waals surface area contributed by atoms with Crippen LogP contribution in [-0.2, 0) is 14.3 Å². The molecule has 3 rings (SSSR count). The number of halogens is 2. The van der Waals surface area contributed by atoms with E-state index in [4.69, 9.17) is 9.47 Å². The summed E-state index contributed by atoms with van der Waals surface area (Å²) in [7, 11) is 0. The smallest absolute Gasteiger partial charge is 0.414 e. The average molecular weight is 520 g/mol. The maximum atomic E-state index is 14.6. The zero-order valence-electron chi connectivity index (χ0n) is 19.9. The van der Waals surface area contributed by atoms with Crippen molar-refractivity contribution in [3.05, 3.63) is 53.9 Å². The summed E-state index contributed by atoms with van der Waals surface area (Å²) >= 11 is 0. The van der Waals surface area contributed by atoms with Gasteiger partial charge in [-0.3, -0.25) is 19.5 Å². The van der Waals surface area contributed by atoms with Gasteiger partial charge in [-0.25, -0.2) is 18.4 Å². The van der Waals surface area contributed by atoms with Gasteiger partial charge in [-0.15, -0.1) is 0 Å². The molecular weight excluding hydrogens is 494 g/mol. The van der Waals surface area contributed by atoms with Crippen molar-refractivity contribution in [3.8, 4) is 0 Å². The van der Waals surface area contributed by atoms with E-state index >= 15 is 0 Å². The molecule has 4 N–H and O–H groups in total. The number of pyridine rings is 1. The lowest BCUT2D eigenvalue weighted by molar-refractivity contribution is -0.120. The van der Waals surface area contributed by atoms with E-state index in [1.165, 1.54) is 24.5 Å². The van der Waals surface area contributed by atoms with Crippen LogP contribution in [0.2, 0.25) is 0 Å². The third-order valence-corrected chi connectivity index (χ3v) is 5.06. The molecule has 2 aromatic rings. The van der Waals surface area contributed by atoms with E-state index < -0.39 is 47.4 Å². The summed E-state index contributed by atoms with van der Waals surface area (Å²) in [5.74, 6) is -2.83. The predicted molar refractivity (Wildman–Crippen MR) is 127 cm³/mol. The van der Waals surface area contributed by atoms with Crippen molar-refractivity contribution < 1.29 is 37.4 Å². The molecule has 0 unspecified atom stereocenters. The van der Waals surface area contributed by atoms with Crippen LogP contribution in [0.15, 0.2) is 36.7 Å². The number of rotatable bonds is 11. The fraction of sp³-hybridized carbons (Fsp3) is 0.348. The van der Waals surface area contributed by atoms with Crippen molar-refractivity contribution in [3.63, 3.8) is 0 Å². The van der Waals surface area contributed by atoms with E-state index in [0.29, 0.717) is 5.56 Å². The highest BCUT2D eigenvalue weighted by molar-refractivity contribution is 5.96. The Kier molecular flexibility index (Phi) is 9.52. The van der Waals surface area contributed by atoms with Gasteiger partial charge < -0.3 is 30.7 Å². The number of amides is 4. The fourth-order valence-electron chi connectivity index (χ4n) is 3.32. The first-order valence-electron chi connectivity index (χ1n) is 11.3. The molecule has 0 radical (unpaired) electrons. The molecule has 1 saturated heterocycles. The lowest BCUT2D eigenvalue weighted by atomic mass is 10.2. The van der Waals surface area contributed by atoms with Crippen LogP contribution in [0, 0.1) is 11.6 Å². The molecule has 198 valence electrons. The molecule has 1 atom stereocenters. The molecule has 1 aromatic heterocycles. The first kappa shape index (κ1) is 27.1. The monoisotopic (exact) mass is 520 g/mol. The number of cyclic esters (lactones) is 1. The molecule has 14 heteroatoms. The molecule has 12 nitrogen and oxygen atoms in total. The molecule has 1 aliphatic rings. The minimum absolute atomic E-state index is 0.00934. The minimum atomic E-state index is -0.952. The Balaban J connectivity index is 1.44. The Morgan fingerprint density at radius 2 is 1.81 bits per heavy atom. The summed E-state index contributed by atoms with van der Waals surface area (Å²) in [4.78, 5) is 52.2. The summed E-state index contributed by atoms with van der Waals surface area (Å²) in [5.41, 5.74) is -0.135. The Morgan fingerprint density at radius 1 is 1.11 bits per heavy atom. The molecule has 0 spiro atoms. The summed E-state index contributed by atoms with van der Waals surface area (Å²) in [6.45, 7) is 1.51. The highest BCUT2D eigenvalue weighted by atomic mass is 19.1. The van der Waals surface area contributed by atoms with Gasteiger partial charge in [-0.2, -0.15) is 0 Å². The number of ether oxygens (including phenoxy) is 2. The van der Waals surface area contributed by atoms with Crippen LogP contribution in [0.25, 0.3) is 0 Å². The maximum absolute atomic E-state index is 14.6. The second-order valence-electron chi connectivity index (χ2n) is 7.70. The first-order chi connectivity index (χ1) is 17.8. The summed E-state index contributed by atoms with van der Waals surface area (Å²) < 4.78 is 39.0. The highest BCUT2D eigenvalue weighted by Crippen LogP contribution is 2.28. The van der Waals surface area contributed by atoms with E-state index in [2.05, 4.69) is 26.3 Å². The number of hydrogen-bond acceptors (Lipinski definition) is 8. The SMILES string of the molecule is CCOC(=O)NC[C@H]1CN(c2cc(F)c(NCCNC(=O)CNC(=O)c3ccncc3)c(F)c2)C(=O)O1. The number of carbonyl (C=O) groups excluding carboxylic acids is 4. The zero-order valence-corrected chi connectivity index (χ0v) is 19.9. The van der Waals surface area contributed by atoms with Gasteiger partial charge in [0.25, 0.3) is 5.91 Å². The molecule has 4 amide bonds. The van der Waals surface area contributed by atoms with Crippen LogP contribution in [0.4, 0.5) is 29.7 Å². The second-order valence-corrected chi connectivity index (χ2v) is 7.70. The van der Waals surface area contributed by atoms with Crippen molar-refractivity contribution in [2.45, 2.75) is 13.0 Å². The molecule has 1 aliphatic heterocycles. The van der Waals surface area contributed by atoms with Crippen molar-refractivity contribution in [1.82, 2.24) is 20.9 Å². The lowest BCUT2D eigenvalue weighted by Gasteiger charge is -2.16. The lowest BCUT2D eigenvalue weighted by Crippen LogP contribution is -2.38. The molecule has 37 heavy (non-hydrogen) atoms. The van der Waals surface area contributed by atoms with E-state index in [-0.39, 0.29) is 45.0 Å². The number of carbonyl (C=O) groups is 4.